The first-order valence-electron chi connectivity index (χ1n) is 8.84. The summed E-state index contributed by atoms with van der Waals surface area (Å²) in [6.45, 7) is 2.10. The largest absolute Gasteiger partial charge is 0.497 e. The van der Waals surface area contributed by atoms with Crippen molar-refractivity contribution in [2.75, 3.05) is 12.9 Å². The van der Waals surface area contributed by atoms with Crippen LogP contribution >= 0.6 is 11.8 Å². The number of amides is 1. The molecule has 1 atom stereocenters. The average molecular weight is 380 g/mol. The number of rotatable bonds is 4. The van der Waals surface area contributed by atoms with E-state index < -0.39 is 6.17 Å². The van der Waals surface area contributed by atoms with Gasteiger partial charge in [0.05, 0.1) is 12.5 Å². The van der Waals surface area contributed by atoms with Gasteiger partial charge in [0.25, 0.3) is 5.91 Å². The van der Waals surface area contributed by atoms with Crippen LogP contribution in [0.1, 0.15) is 25.1 Å². The Kier molecular flexibility index (Phi) is 4.85. The summed E-state index contributed by atoms with van der Waals surface area (Å²) < 4.78 is 5.25. The highest BCUT2D eigenvalue weighted by molar-refractivity contribution is 8.13. The van der Waals surface area contributed by atoms with Gasteiger partial charge in [-0.15, -0.1) is 5.10 Å². The molecule has 138 valence electrons. The van der Waals surface area contributed by atoms with Crippen molar-refractivity contribution < 1.29 is 9.53 Å². The molecule has 27 heavy (non-hydrogen) atoms. The summed E-state index contributed by atoms with van der Waals surface area (Å²) in [6.07, 6.45) is 0.606. The Bertz CT molecular complexity index is 1020. The van der Waals surface area contributed by atoms with Crippen LogP contribution in [0.2, 0.25) is 0 Å². The number of carbonyl (C=O) groups is 1. The molecule has 2 aliphatic rings. The van der Waals surface area contributed by atoms with E-state index in [1.54, 1.807) is 23.9 Å². The molecular formula is C20H20N4O2S. The summed E-state index contributed by atoms with van der Waals surface area (Å²) in [5, 5.41) is 11.6. The van der Waals surface area contributed by atoms with Gasteiger partial charge in [-0.2, -0.15) is 0 Å². The van der Waals surface area contributed by atoms with Gasteiger partial charge in [-0.1, -0.05) is 49.0 Å². The molecule has 0 aliphatic carbocycles. The van der Waals surface area contributed by atoms with Crippen LogP contribution in [-0.2, 0) is 4.79 Å². The van der Waals surface area contributed by atoms with E-state index in [1.165, 1.54) is 0 Å². The zero-order chi connectivity index (χ0) is 18.8. The molecular weight excluding hydrogens is 360 g/mol. The number of thioether (sulfide) groups is 1. The average Bonchev–Trinajstić information content (AvgIpc) is 2.71. The van der Waals surface area contributed by atoms with Gasteiger partial charge in [0.15, 0.2) is 11.3 Å². The van der Waals surface area contributed by atoms with E-state index in [4.69, 9.17) is 14.8 Å². The minimum Gasteiger partial charge on any atom is -0.497 e. The third-order valence-electron chi connectivity index (χ3n) is 4.37. The molecule has 2 aliphatic heterocycles. The molecule has 1 N–H and O–H groups in total. The van der Waals surface area contributed by atoms with Crippen LogP contribution in [0.3, 0.4) is 0 Å². The number of carbonyl (C=O) groups excluding carboxylic acids is 1. The normalized spacial score (nSPS) is 18.1. The first kappa shape index (κ1) is 17.6. The van der Waals surface area contributed by atoms with Crippen LogP contribution in [-0.4, -0.2) is 28.9 Å². The Balaban J connectivity index is 1.86. The number of hydrazone groups is 1. The van der Waals surface area contributed by atoms with Gasteiger partial charge in [-0.25, -0.2) is 5.01 Å². The molecule has 1 amide bonds. The minimum absolute atomic E-state index is 0.149. The second-order valence-electron chi connectivity index (χ2n) is 6.19. The van der Waals surface area contributed by atoms with E-state index in [1.807, 2.05) is 48.5 Å². The van der Waals surface area contributed by atoms with E-state index in [2.05, 4.69) is 12.2 Å². The fraction of sp³-hybridized carbons (Fsp3) is 0.250. The van der Waals surface area contributed by atoms with Crippen LogP contribution in [0.15, 0.2) is 58.6 Å². The molecule has 2 heterocycles. The summed E-state index contributed by atoms with van der Waals surface area (Å²) in [5.41, 5.74) is 1.48. The zero-order valence-corrected chi connectivity index (χ0v) is 16.0. The number of fused-ring (bicyclic) bond motifs is 2. The molecule has 0 saturated heterocycles. The Morgan fingerprint density at radius 1 is 1.19 bits per heavy atom. The second kappa shape index (κ2) is 7.44. The molecule has 2 aromatic rings. The van der Waals surface area contributed by atoms with Crippen molar-refractivity contribution >= 4 is 28.5 Å². The zero-order valence-electron chi connectivity index (χ0n) is 15.2. The quantitative estimate of drug-likeness (QED) is 0.881. The number of nitrogens with one attached hydrogen (secondary N) is 1. The molecule has 6 nitrogen and oxygen atoms in total. The molecule has 0 spiro atoms. The summed E-state index contributed by atoms with van der Waals surface area (Å²) in [4.78, 5) is 17.8. The van der Waals surface area contributed by atoms with E-state index >= 15 is 0 Å². The molecule has 0 aromatic heterocycles. The first-order valence-corrected chi connectivity index (χ1v) is 9.83. The van der Waals surface area contributed by atoms with E-state index in [9.17, 15) is 4.79 Å². The Morgan fingerprint density at radius 3 is 2.70 bits per heavy atom. The Hall–Kier alpha value is -2.80. The van der Waals surface area contributed by atoms with Gasteiger partial charge in [0.2, 0.25) is 0 Å². The number of amidine groups is 1. The number of para-hydroxylation sites is 1. The van der Waals surface area contributed by atoms with Crippen molar-refractivity contribution in [3.63, 3.8) is 0 Å². The van der Waals surface area contributed by atoms with E-state index in [0.717, 1.165) is 34.1 Å². The van der Waals surface area contributed by atoms with Gasteiger partial charge >= 0.3 is 0 Å². The maximum atomic E-state index is 12.9. The fourth-order valence-corrected chi connectivity index (χ4v) is 3.79. The summed E-state index contributed by atoms with van der Waals surface area (Å²) in [6, 6.07) is 15.4. The van der Waals surface area contributed by atoms with Crippen molar-refractivity contribution in [1.82, 2.24) is 10.3 Å². The molecule has 0 saturated carbocycles. The molecule has 2 aromatic carbocycles. The van der Waals surface area contributed by atoms with Crippen molar-refractivity contribution in [2.45, 2.75) is 19.5 Å². The molecule has 0 radical (unpaired) electrons. The minimum atomic E-state index is -0.399. The molecule has 1 unspecified atom stereocenters. The lowest BCUT2D eigenvalue weighted by Gasteiger charge is -2.34. The number of methoxy groups -OCH3 is 1. The first-order chi connectivity index (χ1) is 13.2. The highest BCUT2D eigenvalue weighted by Crippen LogP contribution is 2.31. The molecule has 7 heteroatoms. The van der Waals surface area contributed by atoms with E-state index in [-0.39, 0.29) is 5.91 Å². The molecule has 0 bridgehead atoms. The third kappa shape index (κ3) is 3.30. The fourth-order valence-electron chi connectivity index (χ4n) is 3.08. The topological polar surface area (TPSA) is 66.3 Å². The number of nitrogens with zero attached hydrogens (tertiary/aromatic N) is 3. The van der Waals surface area contributed by atoms with Gasteiger partial charge in [-0.05, 0) is 30.2 Å². The van der Waals surface area contributed by atoms with Crippen LogP contribution in [0, 0.1) is 0 Å². The summed E-state index contributed by atoms with van der Waals surface area (Å²) in [5.74, 6) is 1.52. The number of hydrogen-bond donors (Lipinski definition) is 1. The van der Waals surface area contributed by atoms with Crippen LogP contribution in [0.4, 0.5) is 0 Å². The summed E-state index contributed by atoms with van der Waals surface area (Å²) in [7, 11) is 1.64. The number of hydrogen-bond acceptors (Lipinski definition) is 6. The second-order valence-corrected chi connectivity index (χ2v) is 7.28. The van der Waals surface area contributed by atoms with E-state index in [0.29, 0.717) is 10.9 Å². The van der Waals surface area contributed by atoms with Gasteiger partial charge in [0, 0.05) is 11.0 Å². The SMILES string of the molecule is CCCSC1=NN2C(=c3ccccc3=NC2c2ccc(OC)cc2)C(=O)N1. The van der Waals surface area contributed by atoms with Gasteiger partial charge in [0.1, 0.15) is 11.4 Å². The predicted molar refractivity (Wildman–Crippen MR) is 107 cm³/mol. The van der Waals surface area contributed by atoms with Crippen molar-refractivity contribution in [3.05, 3.63) is 64.7 Å². The Labute approximate surface area is 161 Å². The molecule has 0 fully saturated rings. The van der Waals surface area contributed by atoms with Crippen molar-refractivity contribution in [1.29, 1.82) is 0 Å². The van der Waals surface area contributed by atoms with Crippen LogP contribution in [0.25, 0.3) is 5.70 Å². The number of benzene rings is 2. The standard InChI is InChI=1S/C20H20N4O2S/c1-3-12-27-20-22-19(25)17-15-6-4-5-7-16(15)21-18(24(17)23-20)13-8-10-14(26-2)11-9-13/h4-11,18H,3,12H2,1-2H3,(H,22,23,25). The predicted octanol–water partition coefficient (Wildman–Crippen LogP) is 1.98. The van der Waals surface area contributed by atoms with Gasteiger partial charge in [-0.3, -0.25) is 15.1 Å². The van der Waals surface area contributed by atoms with Crippen molar-refractivity contribution in [2.24, 2.45) is 10.1 Å². The highest BCUT2D eigenvalue weighted by Gasteiger charge is 2.34. The van der Waals surface area contributed by atoms with Crippen LogP contribution in [0.5, 0.6) is 5.75 Å². The lowest BCUT2D eigenvalue weighted by molar-refractivity contribution is -0.116. The van der Waals surface area contributed by atoms with Gasteiger partial charge < -0.3 is 4.74 Å². The lowest BCUT2D eigenvalue weighted by Crippen LogP contribution is -2.50. The summed E-state index contributed by atoms with van der Waals surface area (Å²) >= 11 is 1.54. The number of ether oxygens (including phenoxy) is 1. The maximum Gasteiger partial charge on any atom is 0.276 e. The smallest absolute Gasteiger partial charge is 0.276 e. The highest BCUT2D eigenvalue weighted by atomic mass is 32.2. The lowest BCUT2D eigenvalue weighted by atomic mass is 10.1. The maximum absolute atomic E-state index is 12.9. The Morgan fingerprint density at radius 2 is 1.96 bits per heavy atom. The van der Waals surface area contributed by atoms with Crippen molar-refractivity contribution in [3.8, 4) is 5.75 Å². The molecule has 4 rings (SSSR count). The third-order valence-corrected chi connectivity index (χ3v) is 5.44. The monoisotopic (exact) mass is 380 g/mol. The van der Waals surface area contributed by atoms with Crippen LogP contribution < -0.4 is 20.6 Å².